The molecule has 20 heavy (non-hydrogen) atoms. The number of hydrogen-bond acceptors (Lipinski definition) is 1. The van der Waals surface area contributed by atoms with Gasteiger partial charge >= 0.3 is 0 Å². The van der Waals surface area contributed by atoms with E-state index in [0.29, 0.717) is 5.88 Å². The van der Waals surface area contributed by atoms with Crippen LogP contribution < -0.4 is 4.74 Å². The molecule has 0 aliphatic carbocycles. The number of benzene rings is 1. The second-order valence-electron chi connectivity index (χ2n) is 4.88. The summed E-state index contributed by atoms with van der Waals surface area (Å²) in [5.74, 6) is 7.63. The van der Waals surface area contributed by atoms with Crippen LogP contribution in [0, 0.1) is 11.8 Å². The van der Waals surface area contributed by atoms with Gasteiger partial charge in [0.2, 0.25) is 0 Å². The highest BCUT2D eigenvalue weighted by Crippen LogP contribution is 2.13. The van der Waals surface area contributed by atoms with Gasteiger partial charge in [0.25, 0.3) is 0 Å². The second kappa shape index (κ2) is 11.7. The van der Waals surface area contributed by atoms with Gasteiger partial charge in [-0.1, -0.05) is 50.9 Å². The molecule has 0 aromatic heterocycles. The Balaban J connectivity index is 2.17. The van der Waals surface area contributed by atoms with E-state index in [1.807, 2.05) is 24.3 Å². The molecule has 0 fully saturated rings. The molecular weight excluding hydrogens is 268 g/mol. The minimum Gasteiger partial charge on any atom is -0.494 e. The van der Waals surface area contributed by atoms with Crippen LogP contribution in [-0.2, 0) is 0 Å². The van der Waals surface area contributed by atoms with Crippen molar-refractivity contribution in [2.75, 3.05) is 12.5 Å². The lowest BCUT2D eigenvalue weighted by Gasteiger charge is -2.06. The summed E-state index contributed by atoms with van der Waals surface area (Å²) in [6, 6.07) is 7.97. The minimum atomic E-state index is 0.590. The summed E-state index contributed by atoms with van der Waals surface area (Å²) in [5, 5.41) is 0. The quantitative estimate of drug-likeness (QED) is 0.336. The Labute approximate surface area is 128 Å². The molecule has 1 aromatic carbocycles. The average Bonchev–Trinajstić information content (AvgIpc) is 2.48. The number of unbranched alkanes of at least 4 members (excludes halogenated alkanes) is 5. The van der Waals surface area contributed by atoms with E-state index < -0.39 is 0 Å². The van der Waals surface area contributed by atoms with Gasteiger partial charge < -0.3 is 4.74 Å². The predicted molar refractivity (Wildman–Crippen MR) is 87.5 cm³/mol. The van der Waals surface area contributed by atoms with Crippen LogP contribution in [0.1, 0.15) is 57.4 Å². The van der Waals surface area contributed by atoms with Crippen LogP contribution in [-0.4, -0.2) is 12.5 Å². The van der Waals surface area contributed by atoms with Crippen LogP contribution in [0.25, 0.3) is 0 Å². The van der Waals surface area contributed by atoms with Gasteiger partial charge in [-0.15, -0.1) is 11.6 Å². The summed E-state index contributed by atoms with van der Waals surface area (Å²) in [7, 11) is 0. The molecule has 0 aliphatic rings. The number of halogens is 1. The number of hydrogen-bond donors (Lipinski definition) is 0. The van der Waals surface area contributed by atoms with Crippen LogP contribution in [0.2, 0.25) is 0 Å². The van der Waals surface area contributed by atoms with E-state index in [4.69, 9.17) is 16.3 Å². The first-order chi connectivity index (χ1) is 9.86. The summed E-state index contributed by atoms with van der Waals surface area (Å²) in [5.41, 5.74) is 1.02. The molecule has 0 saturated heterocycles. The molecular formula is C18H25ClO. The Bertz CT molecular complexity index is 400. The Morgan fingerprint density at radius 2 is 1.70 bits per heavy atom. The standard InChI is InChI=1S/C18H25ClO/c1-2-3-4-5-6-9-16-20-18-13-11-17(12-14-18)10-7-8-15-19/h11-14H,2-6,8-9,15-16H2,1H3. The zero-order valence-corrected chi connectivity index (χ0v) is 13.2. The normalized spacial score (nSPS) is 9.90. The van der Waals surface area contributed by atoms with Crippen molar-refractivity contribution in [1.29, 1.82) is 0 Å². The highest BCUT2D eigenvalue weighted by Gasteiger charge is 1.94. The fourth-order valence-electron chi connectivity index (χ4n) is 1.92. The second-order valence-corrected chi connectivity index (χ2v) is 5.26. The van der Waals surface area contributed by atoms with Crippen LogP contribution in [0.15, 0.2) is 24.3 Å². The molecule has 1 rings (SSSR count). The highest BCUT2D eigenvalue weighted by molar-refractivity contribution is 6.18. The molecule has 0 saturated carbocycles. The molecule has 110 valence electrons. The lowest BCUT2D eigenvalue weighted by molar-refractivity contribution is 0.304. The monoisotopic (exact) mass is 292 g/mol. The van der Waals surface area contributed by atoms with Crippen molar-refractivity contribution in [2.24, 2.45) is 0 Å². The smallest absolute Gasteiger partial charge is 0.119 e. The first kappa shape index (κ1) is 16.9. The Kier molecular flexibility index (Phi) is 9.88. The molecule has 0 bridgehead atoms. The van der Waals surface area contributed by atoms with Crippen LogP contribution in [0.5, 0.6) is 5.75 Å². The van der Waals surface area contributed by atoms with Crippen molar-refractivity contribution in [2.45, 2.75) is 51.9 Å². The van der Waals surface area contributed by atoms with E-state index in [2.05, 4.69) is 18.8 Å². The molecule has 1 aromatic rings. The molecule has 0 radical (unpaired) electrons. The Morgan fingerprint density at radius 1 is 1.00 bits per heavy atom. The molecule has 2 heteroatoms. The number of alkyl halides is 1. The maximum Gasteiger partial charge on any atom is 0.119 e. The number of rotatable bonds is 9. The fraction of sp³-hybridized carbons (Fsp3) is 0.556. The van der Waals surface area contributed by atoms with Gasteiger partial charge in [-0.2, -0.15) is 0 Å². The lowest BCUT2D eigenvalue weighted by atomic mass is 10.1. The first-order valence-corrected chi connectivity index (χ1v) is 8.18. The molecule has 0 unspecified atom stereocenters. The van der Waals surface area contributed by atoms with Gasteiger partial charge in [-0.05, 0) is 30.7 Å². The van der Waals surface area contributed by atoms with E-state index in [9.17, 15) is 0 Å². The Hall–Kier alpha value is -1.13. The highest BCUT2D eigenvalue weighted by atomic mass is 35.5. The summed E-state index contributed by atoms with van der Waals surface area (Å²) in [4.78, 5) is 0. The van der Waals surface area contributed by atoms with Gasteiger partial charge in [0.1, 0.15) is 5.75 Å². The third-order valence-corrected chi connectivity index (χ3v) is 3.26. The van der Waals surface area contributed by atoms with E-state index in [0.717, 1.165) is 30.8 Å². The summed E-state index contributed by atoms with van der Waals surface area (Å²) in [6.07, 6.45) is 8.48. The lowest BCUT2D eigenvalue weighted by Crippen LogP contribution is -1.97. The minimum absolute atomic E-state index is 0.590. The largest absolute Gasteiger partial charge is 0.494 e. The van der Waals surface area contributed by atoms with Gasteiger partial charge in [0, 0.05) is 17.9 Å². The maximum atomic E-state index is 5.72. The van der Waals surface area contributed by atoms with Crippen molar-refractivity contribution in [3.8, 4) is 17.6 Å². The molecule has 0 aliphatic heterocycles. The van der Waals surface area contributed by atoms with Gasteiger partial charge in [-0.25, -0.2) is 0 Å². The molecule has 0 heterocycles. The average molecular weight is 293 g/mol. The van der Waals surface area contributed by atoms with Crippen molar-refractivity contribution in [1.82, 2.24) is 0 Å². The van der Waals surface area contributed by atoms with Gasteiger partial charge in [0.05, 0.1) is 6.61 Å². The predicted octanol–water partition coefficient (Wildman–Crippen LogP) is 5.41. The van der Waals surface area contributed by atoms with Gasteiger partial charge in [-0.3, -0.25) is 0 Å². The van der Waals surface area contributed by atoms with Crippen molar-refractivity contribution in [3.05, 3.63) is 29.8 Å². The summed E-state index contributed by atoms with van der Waals surface area (Å²) >= 11 is 5.58. The Morgan fingerprint density at radius 3 is 2.40 bits per heavy atom. The van der Waals surface area contributed by atoms with E-state index in [1.165, 1.54) is 32.1 Å². The van der Waals surface area contributed by atoms with Gasteiger partial charge in [0.15, 0.2) is 0 Å². The van der Waals surface area contributed by atoms with Crippen molar-refractivity contribution in [3.63, 3.8) is 0 Å². The zero-order chi connectivity index (χ0) is 14.5. The third kappa shape index (κ3) is 8.12. The van der Waals surface area contributed by atoms with Crippen LogP contribution in [0.3, 0.4) is 0 Å². The molecule has 0 N–H and O–H groups in total. The fourth-order valence-corrected chi connectivity index (χ4v) is 2.01. The molecule has 0 amide bonds. The summed E-state index contributed by atoms with van der Waals surface area (Å²) in [6.45, 7) is 3.05. The van der Waals surface area contributed by atoms with Crippen molar-refractivity contribution < 1.29 is 4.74 Å². The summed E-state index contributed by atoms with van der Waals surface area (Å²) < 4.78 is 5.72. The van der Waals surface area contributed by atoms with Crippen LogP contribution in [0.4, 0.5) is 0 Å². The number of ether oxygens (including phenoxy) is 1. The topological polar surface area (TPSA) is 9.23 Å². The first-order valence-electron chi connectivity index (χ1n) is 7.64. The molecule has 0 spiro atoms. The van der Waals surface area contributed by atoms with Crippen molar-refractivity contribution >= 4 is 11.6 Å². The van der Waals surface area contributed by atoms with E-state index in [1.54, 1.807) is 0 Å². The van der Waals surface area contributed by atoms with Crippen LogP contribution >= 0.6 is 11.6 Å². The van der Waals surface area contributed by atoms with E-state index in [-0.39, 0.29) is 0 Å². The molecule has 0 atom stereocenters. The SMILES string of the molecule is CCCCCCCCOc1ccc(C#CCCCl)cc1. The zero-order valence-electron chi connectivity index (χ0n) is 12.5. The maximum absolute atomic E-state index is 5.72. The molecule has 1 nitrogen and oxygen atoms in total. The third-order valence-electron chi connectivity index (χ3n) is 3.07. The van der Waals surface area contributed by atoms with E-state index >= 15 is 0 Å².